The highest BCUT2D eigenvalue weighted by Crippen LogP contribution is 2.29. The molecule has 1 aliphatic rings. The van der Waals surface area contributed by atoms with E-state index in [0.29, 0.717) is 18.3 Å². The normalized spacial score (nSPS) is 16.8. The molecule has 3 rings (SSSR count). The van der Waals surface area contributed by atoms with Crippen LogP contribution in [0.1, 0.15) is 25.7 Å². The van der Waals surface area contributed by atoms with Crippen molar-refractivity contribution in [3.8, 4) is 0 Å². The Morgan fingerprint density at radius 3 is 2.86 bits per heavy atom. The zero-order chi connectivity index (χ0) is 20.7. The highest BCUT2D eigenvalue weighted by molar-refractivity contribution is 7.93. The van der Waals surface area contributed by atoms with Gasteiger partial charge in [0.25, 0.3) is 10.0 Å². The Labute approximate surface area is 178 Å². The summed E-state index contributed by atoms with van der Waals surface area (Å²) in [5, 5.41) is 10.1. The van der Waals surface area contributed by atoms with Crippen LogP contribution < -0.4 is 20.7 Å². The third-order valence-corrected chi connectivity index (χ3v) is 6.92. The van der Waals surface area contributed by atoms with Gasteiger partial charge in [-0.05, 0) is 50.9 Å². The molecule has 1 aromatic carbocycles. The first-order valence-electron chi connectivity index (χ1n) is 9.42. The minimum atomic E-state index is -4.14. The average Bonchev–Trinajstić information content (AvgIpc) is 3.37. The number of rotatable bonds is 11. The summed E-state index contributed by atoms with van der Waals surface area (Å²) in [7, 11) is -4.14. The summed E-state index contributed by atoms with van der Waals surface area (Å²) in [6, 6.07) is 2.77. The first-order chi connectivity index (χ1) is 14.0. The van der Waals surface area contributed by atoms with Crippen molar-refractivity contribution >= 4 is 44.0 Å². The van der Waals surface area contributed by atoms with Crippen molar-refractivity contribution in [1.82, 2.24) is 20.0 Å². The first kappa shape index (κ1) is 22.2. The molecule has 1 fully saturated rings. The van der Waals surface area contributed by atoms with Crippen molar-refractivity contribution < 1.29 is 12.8 Å². The highest BCUT2D eigenvalue weighted by Gasteiger charge is 2.22. The largest absolute Gasteiger partial charge is 0.384 e. The van der Waals surface area contributed by atoms with E-state index in [1.807, 2.05) is 0 Å². The zero-order valence-corrected chi connectivity index (χ0v) is 18.1. The van der Waals surface area contributed by atoms with Gasteiger partial charge < -0.3 is 16.0 Å². The van der Waals surface area contributed by atoms with Crippen LogP contribution in [-0.4, -0.2) is 50.0 Å². The summed E-state index contributed by atoms with van der Waals surface area (Å²) in [6.07, 6.45) is 5.52. The molecule has 12 heteroatoms. The topological polar surface area (TPSA) is 108 Å². The van der Waals surface area contributed by atoms with E-state index in [4.69, 9.17) is 11.6 Å². The van der Waals surface area contributed by atoms with E-state index in [1.54, 1.807) is 0 Å². The molecule has 0 aliphatic carbocycles. The molecule has 0 saturated carbocycles. The predicted octanol–water partition coefficient (Wildman–Crippen LogP) is 2.67. The van der Waals surface area contributed by atoms with Gasteiger partial charge >= 0.3 is 0 Å². The predicted molar refractivity (Wildman–Crippen MR) is 114 cm³/mol. The molecule has 2 heterocycles. The second kappa shape index (κ2) is 10.5. The maximum Gasteiger partial charge on any atom is 0.266 e. The summed E-state index contributed by atoms with van der Waals surface area (Å²) in [6.45, 7) is 3.60. The van der Waals surface area contributed by atoms with Crippen LogP contribution in [0.15, 0.2) is 23.4 Å². The van der Waals surface area contributed by atoms with Gasteiger partial charge in [-0.25, -0.2) is 17.8 Å². The molecule has 8 nitrogen and oxygen atoms in total. The van der Waals surface area contributed by atoms with Gasteiger partial charge in [0.1, 0.15) is 17.0 Å². The number of halogens is 2. The second-order valence-corrected chi connectivity index (χ2v) is 9.58. The van der Waals surface area contributed by atoms with Crippen LogP contribution in [0.3, 0.4) is 0 Å². The average molecular weight is 463 g/mol. The van der Waals surface area contributed by atoms with Crippen molar-refractivity contribution in [3.63, 3.8) is 0 Å². The van der Waals surface area contributed by atoms with Crippen LogP contribution in [-0.2, 0) is 10.0 Å². The fourth-order valence-corrected chi connectivity index (χ4v) is 5.11. The number of sulfonamides is 1. The van der Waals surface area contributed by atoms with E-state index < -0.39 is 20.7 Å². The van der Waals surface area contributed by atoms with E-state index >= 15 is 0 Å². The fraction of sp³-hybridized carbons (Fsp3) is 0.529. The molecule has 0 amide bonds. The summed E-state index contributed by atoms with van der Waals surface area (Å²) in [5.74, 6) is -0.889. The molecule has 1 atom stereocenters. The zero-order valence-electron chi connectivity index (χ0n) is 15.7. The number of nitrogens with one attached hydrogen (secondary N) is 4. The Kier molecular flexibility index (Phi) is 8.01. The minimum Gasteiger partial charge on any atom is -0.384 e. The Balaban J connectivity index is 1.46. The van der Waals surface area contributed by atoms with E-state index in [9.17, 15) is 12.8 Å². The molecule has 4 N–H and O–H groups in total. The van der Waals surface area contributed by atoms with E-state index in [0.717, 1.165) is 56.1 Å². The Morgan fingerprint density at radius 2 is 2.14 bits per heavy atom. The van der Waals surface area contributed by atoms with E-state index in [1.165, 1.54) is 19.2 Å². The van der Waals surface area contributed by atoms with Crippen molar-refractivity contribution in [3.05, 3.63) is 29.3 Å². The SMILES string of the molecule is O=S(=O)(Nc1ncns1)c1cc(Cl)c(NCCCCNC[C@H]2CCCN2)cc1F. The van der Waals surface area contributed by atoms with Gasteiger partial charge in [-0.3, -0.25) is 4.72 Å². The lowest BCUT2D eigenvalue weighted by Gasteiger charge is -2.13. The maximum atomic E-state index is 14.4. The number of aromatic nitrogens is 2. The third kappa shape index (κ3) is 6.48. The van der Waals surface area contributed by atoms with Crippen LogP contribution >= 0.6 is 23.1 Å². The lowest BCUT2D eigenvalue weighted by molar-refractivity contribution is 0.526. The summed E-state index contributed by atoms with van der Waals surface area (Å²) < 4.78 is 45.0. The molecular weight excluding hydrogens is 439 g/mol. The van der Waals surface area contributed by atoms with Crippen LogP contribution in [0.2, 0.25) is 5.02 Å². The van der Waals surface area contributed by atoms with Crippen LogP contribution in [0.25, 0.3) is 0 Å². The molecule has 2 aromatic rings. The maximum absolute atomic E-state index is 14.4. The number of anilines is 2. The molecule has 1 saturated heterocycles. The lowest BCUT2D eigenvalue weighted by Crippen LogP contribution is -2.34. The van der Waals surface area contributed by atoms with Crippen molar-refractivity contribution in [1.29, 1.82) is 0 Å². The summed E-state index contributed by atoms with van der Waals surface area (Å²) in [4.78, 5) is 3.20. The Morgan fingerprint density at radius 1 is 1.31 bits per heavy atom. The number of unbranched alkanes of at least 4 members (excludes halogenated alkanes) is 1. The minimum absolute atomic E-state index is 0.0556. The molecule has 29 heavy (non-hydrogen) atoms. The van der Waals surface area contributed by atoms with Gasteiger partial charge in [-0.15, -0.1) is 0 Å². The van der Waals surface area contributed by atoms with Crippen molar-refractivity contribution in [2.45, 2.75) is 36.6 Å². The fourth-order valence-electron chi connectivity index (χ4n) is 3.06. The Bertz CT molecular complexity index is 892. The molecule has 1 aliphatic heterocycles. The van der Waals surface area contributed by atoms with Gasteiger partial charge in [0.05, 0.1) is 10.7 Å². The second-order valence-electron chi connectivity index (χ2n) is 6.75. The van der Waals surface area contributed by atoms with Gasteiger partial charge in [0.2, 0.25) is 5.13 Å². The first-order valence-corrected chi connectivity index (χ1v) is 12.1. The molecule has 1 aromatic heterocycles. The summed E-state index contributed by atoms with van der Waals surface area (Å²) in [5.41, 5.74) is 0.363. The monoisotopic (exact) mass is 462 g/mol. The molecule has 0 unspecified atom stereocenters. The number of hydrogen-bond donors (Lipinski definition) is 4. The van der Waals surface area contributed by atoms with E-state index in [-0.39, 0.29) is 10.2 Å². The quantitative estimate of drug-likeness (QED) is 0.380. The van der Waals surface area contributed by atoms with E-state index in [2.05, 4.69) is 30.0 Å². The van der Waals surface area contributed by atoms with Crippen molar-refractivity contribution in [2.75, 3.05) is 36.2 Å². The third-order valence-electron chi connectivity index (χ3n) is 4.54. The van der Waals surface area contributed by atoms with Gasteiger partial charge in [-0.2, -0.15) is 4.37 Å². The smallest absolute Gasteiger partial charge is 0.266 e. The van der Waals surface area contributed by atoms with Crippen molar-refractivity contribution in [2.24, 2.45) is 0 Å². The van der Waals surface area contributed by atoms with Crippen LogP contribution in [0.5, 0.6) is 0 Å². The van der Waals surface area contributed by atoms with Gasteiger partial charge in [0, 0.05) is 30.7 Å². The molecule has 160 valence electrons. The Hall–Kier alpha value is -1.53. The lowest BCUT2D eigenvalue weighted by atomic mass is 10.2. The number of hydrogen-bond acceptors (Lipinski definition) is 8. The number of benzene rings is 1. The van der Waals surface area contributed by atoms with Crippen LogP contribution in [0, 0.1) is 5.82 Å². The standard InChI is InChI=1S/C17H24ClFN6O2S2/c18-13-8-16(29(26,27)25-17-23-11-24-28-17)14(19)9-15(13)22-6-2-1-5-20-10-12-4-3-7-21-12/h8-9,11-12,20-22H,1-7,10H2,(H,23,24,25)/t12-/m1/s1. The number of nitrogens with zero attached hydrogens (tertiary/aromatic N) is 2. The molecular formula is C17H24ClFN6O2S2. The van der Waals surface area contributed by atoms with Gasteiger partial charge in [0.15, 0.2) is 0 Å². The summed E-state index contributed by atoms with van der Waals surface area (Å²) >= 11 is 7.01. The van der Waals surface area contributed by atoms with Crippen LogP contribution in [0.4, 0.5) is 15.2 Å². The highest BCUT2D eigenvalue weighted by atomic mass is 35.5. The van der Waals surface area contributed by atoms with Gasteiger partial charge in [-0.1, -0.05) is 11.6 Å². The molecule has 0 spiro atoms. The molecule has 0 bridgehead atoms. The molecule has 0 radical (unpaired) electrons.